The molecule has 0 atom stereocenters. The fourth-order valence-electron chi connectivity index (χ4n) is 2.97. The fraction of sp³-hybridized carbons (Fsp3) is 0.160. The Morgan fingerprint density at radius 2 is 1.80 bits per heavy atom. The number of nitrogens with zero attached hydrogens (tertiary/aromatic N) is 1. The molecule has 8 nitrogen and oxygen atoms in total. The molecule has 0 spiro atoms. The van der Waals surface area contributed by atoms with Gasteiger partial charge in [-0.2, -0.15) is 5.10 Å². The van der Waals surface area contributed by atoms with Crippen LogP contribution < -0.4 is 25.0 Å². The maximum absolute atomic E-state index is 12.4. The number of carbonyl (C=O) groups excluding carboxylic acids is 2. The third-order valence-corrected chi connectivity index (χ3v) is 5.36. The molecule has 0 saturated heterocycles. The molecule has 0 aliphatic heterocycles. The third kappa shape index (κ3) is 7.46. The van der Waals surface area contributed by atoms with Crippen LogP contribution in [-0.4, -0.2) is 38.4 Å². The van der Waals surface area contributed by atoms with Gasteiger partial charge in [-0.25, -0.2) is 5.43 Å². The van der Waals surface area contributed by atoms with Crippen LogP contribution in [0.4, 0.5) is 5.69 Å². The number of nitrogens with one attached hydrogen (secondary N) is 2. The molecule has 0 aliphatic carbocycles. The average molecular weight is 561 g/mol. The lowest BCUT2D eigenvalue weighted by atomic mass is 10.2. The normalized spacial score (nSPS) is 10.6. The monoisotopic (exact) mass is 559 g/mol. The number of hydrogen-bond acceptors (Lipinski definition) is 6. The van der Waals surface area contributed by atoms with Gasteiger partial charge < -0.3 is 19.5 Å². The zero-order valence-corrected chi connectivity index (χ0v) is 21.4. The first-order chi connectivity index (χ1) is 16.9. The summed E-state index contributed by atoms with van der Waals surface area (Å²) in [6.07, 6.45) is 1.43. The Morgan fingerprint density at radius 3 is 2.51 bits per heavy atom. The topological polar surface area (TPSA) is 98.3 Å². The first kappa shape index (κ1) is 26.1. The van der Waals surface area contributed by atoms with Gasteiger partial charge in [0, 0.05) is 10.0 Å². The minimum Gasteiger partial charge on any atom is -0.495 e. The average Bonchev–Trinajstić information content (AvgIpc) is 2.84. The molecule has 0 unspecified atom stereocenters. The molecule has 0 heterocycles. The van der Waals surface area contributed by atoms with E-state index in [-0.39, 0.29) is 23.3 Å². The second kappa shape index (κ2) is 12.8. The maximum atomic E-state index is 12.4. The van der Waals surface area contributed by atoms with Crippen molar-refractivity contribution in [1.82, 2.24) is 5.43 Å². The molecule has 35 heavy (non-hydrogen) atoms. The van der Waals surface area contributed by atoms with E-state index in [1.165, 1.54) is 13.3 Å². The van der Waals surface area contributed by atoms with Gasteiger partial charge in [-0.05, 0) is 61.0 Å². The number of halogens is 2. The van der Waals surface area contributed by atoms with E-state index in [4.69, 9.17) is 25.8 Å². The molecular weight excluding hydrogens is 538 g/mol. The number of benzene rings is 3. The molecule has 0 bridgehead atoms. The number of para-hydroxylation sites is 2. The summed E-state index contributed by atoms with van der Waals surface area (Å²) >= 11 is 9.73. The minimum absolute atomic E-state index is 0.222. The molecule has 3 rings (SSSR count). The fourth-order valence-corrected chi connectivity index (χ4v) is 3.51. The second-order valence-corrected chi connectivity index (χ2v) is 8.33. The first-order valence-electron chi connectivity index (χ1n) is 10.5. The van der Waals surface area contributed by atoms with Gasteiger partial charge in [0.15, 0.2) is 18.1 Å². The van der Waals surface area contributed by atoms with Crippen molar-refractivity contribution in [2.75, 3.05) is 25.6 Å². The predicted molar refractivity (Wildman–Crippen MR) is 139 cm³/mol. The largest absolute Gasteiger partial charge is 0.495 e. The Kier molecular flexibility index (Phi) is 9.51. The zero-order valence-electron chi connectivity index (χ0n) is 19.0. The molecule has 2 amide bonds. The number of amides is 2. The number of carbonyl (C=O) groups is 2. The zero-order chi connectivity index (χ0) is 25.2. The van der Waals surface area contributed by atoms with Gasteiger partial charge in [-0.15, -0.1) is 0 Å². The summed E-state index contributed by atoms with van der Waals surface area (Å²) in [6, 6.07) is 17.2. The van der Waals surface area contributed by atoms with Crippen molar-refractivity contribution in [3.63, 3.8) is 0 Å². The van der Waals surface area contributed by atoms with Gasteiger partial charge in [-0.1, -0.05) is 39.7 Å². The van der Waals surface area contributed by atoms with Gasteiger partial charge in [-0.3, -0.25) is 9.59 Å². The number of hydrogen-bond donors (Lipinski definition) is 2. The minimum atomic E-state index is -0.394. The predicted octanol–water partition coefficient (Wildman–Crippen LogP) is 5.29. The summed E-state index contributed by atoms with van der Waals surface area (Å²) in [7, 11) is 1.52. The molecule has 2 N–H and O–H groups in total. The first-order valence-corrected chi connectivity index (χ1v) is 11.7. The maximum Gasteiger partial charge on any atom is 0.271 e. The lowest BCUT2D eigenvalue weighted by molar-refractivity contribution is -0.118. The van der Waals surface area contributed by atoms with Gasteiger partial charge in [0.1, 0.15) is 5.75 Å². The van der Waals surface area contributed by atoms with E-state index < -0.39 is 5.91 Å². The van der Waals surface area contributed by atoms with Gasteiger partial charge in [0.25, 0.3) is 11.8 Å². The molecule has 3 aromatic rings. The molecule has 0 aliphatic rings. The summed E-state index contributed by atoms with van der Waals surface area (Å²) in [6.45, 7) is 1.86. The SMILES string of the molecule is CCOc1cc(/C=N/NC(=O)c2ccc(Br)cc2)cc(Cl)c1OCC(=O)Nc1ccccc1OC. The van der Waals surface area contributed by atoms with Crippen molar-refractivity contribution >= 4 is 51.2 Å². The van der Waals surface area contributed by atoms with Crippen molar-refractivity contribution in [1.29, 1.82) is 0 Å². The second-order valence-electron chi connectivity index (χ2n) is 7.01. The van der Waals surface area contributed by atoms with Crippen molar-refractivity contribution < 1.29 is 23.8 Å². The quantitative estimate of drug-likeness (QED) is 0.259. The van der Waals surface area contributed by atoms with Crippen LogP contribution in [0.1, 0.15) is 22.8 Å². The van der Waals surface area contributed by atoms with Gasteiger partial charge in [0.2, 0.25) is 0 Å². The number of anilines is 1. The standard InChI is InChI=1S/C25H23BrClN3O5/c1-3-34-22-13-16(14-28-30-25(32)17-8-10-18(26)11-9-17)12-19(27)24(22)35-15-23(31)29-20-6-4-5-7-21(20)33-2/h4-14H,3,15H2,1-2H3,(H,29,31)(H,30,32)/b28-14+. The molecular formula is C25H23BrClN3O5. The number of methoxy groups -OCH3 is 1. The van der Waals surface area contributed by atoms with Crippen LogP contribution in [0.5, 0.6) is 17.2 Å². The highest BCUT2D eigenvalue weighted by Gasteiger charge is 2.15. The Bertz CT molecular complexity index is 1220. The Hall–Kier alpha value is -3.56. The molecule has 0 radical (unpaired) electrons. The number of ether oxygens (including phenoxy) is 3. The third-order valence-electron chi connectivity index (χ3n) is 4.55. The Labute approximate surface area is 216 Å². The molecule has 3 aromatic carbocycles. The summed E-state index contributed by atoms with van der Waals surface area (Å²) < 4.78 is 17.4. The highest BCUT2D eigenvalue weighted by molar-refractivity contribution is 9.10. The number of hydrazone groups is 1. The van der Waals surface area contributed by atoms with E-state index in [0.29, 0.717) is 34.9 Å². The smallest absolute Gasteiger partial charge is 0.271 e. The van der Waals surface area contributed by atoms with Crippen molar-refractivity contribution in [2.45, 2.75) is 6.92 Å². The van der Waals surface area contributed by atoms with E-state index in [1.54, 1.807) is 60.7 Å². The Balaban J connectivity index is 1.66. The molecule has 0 saturated carbocycles. The van der Waals surface area contributed by atoms with E-state index in [0.717, 1.165) is 4.47 Å². The van der Waals surface area contributed by atoms with Crippen LogP contribution in [0, 0.1) is 0 Å². The van der Waals surface area contributed by atoms with E-state index in [2.05, 4.69) is 31.8 Å². The molecule has 10 heteroatoms. The summed E-state index contributed by atoms with van der Waals surface area (Å²) in [5.74, 6) is 0.343. The van der Waals surface area contributed by atoms with E-state index >= 15 is 0 Å². The van der Waals surface area contributed by atoms with Crippen LogP contribution in [0.25, 0.3) is 0 Å². The Morgan fingerprint density at radius 1 is 1.06 bits per heavy atom. The lowest BCUT2D eigenvalue weighted by Gasteiger charge is -2.15. The highest BCUT2D eigenvalue weighted by Crippen LogP contribution is 2.36. The van der Waals surface area contributed by atoms with Crippen molar-refractivity contribution in [3.8, 4) is 17.2 Å². The summed E-state index contributed by atoms with van der Waals surface area (Å²) in [4.78, 5) is 24.6. The lowest BCUT2D eigenvalue weighted by Crippen LogP contribution is -2.21. The van der Waals surface area contributed by atoms with Gasteiger partial charge in [0.05, 0.1) is 30.6 Å². The van der Waals surface area contributed by atoms with Crippen LogP contribution in [0.15, 0.2) is 70.2 Å². The van der Waals surface area contributed by atoms with Crippen LogP contribution in [0.3, 0.4) is 0 Å². The highest BCUT2D eigenvalue weighted by atomic mass is 79.9. The van der Waals surface area contributed by atoms with Crippen LogP contribution >= 0.6 is 27.5 Å². The molecule has 0 aromatic heterocycles. The van der Waals surface area contributed by atoms with Crippen molar-refractivity contribution in [2.24, 2.45) is 5.10 Å². The summed E-state index contributed by atoms with van der Waals surface area (Å²) in [5.41, 5.74) is 4.02. The summed E-state index contributed by atoms with van der Waals surface area (Å²) in [5, 5.41) is 6.94. The van der Waals surface area contributed by atoms with Crippen LogP contribution in [-0.2, 0) is 4.79 Å². The van der Waals surface area contributed by atoms with E-state index in [9.17, 15) is 9.59 Å². The molecule has 0 fully saturated rings. The van der Waals surface area contributed by atoms with Crippen molar-refractivity contribution in [3.05, 3.63) is 81.3 Å². The number of rotatable bonds is 10. The van der Waals surface area contributed by atoms with Crippen LogP contribution in [0.2, 0.25) is 5.02 Å². The van der Waals surface area contributed by atoms with Gasteiger partial charge >= 0.3 is 0 Å². The van der Waals surface area contributed by atoms with E-state index in [1.807, 2.05) is 6.92 Å². The molecule has 182 valence electrons.